The highest BCUT2D eigenvalue weighted by Gasteiger charge is 2.21. The van der Waals surface area contributed by atoms with Gasteiger partial charge in [0.2, 0.25) is 5.78 Å². The van der Waals surface area contributed by atoms with E-state index in [1.165, 1.54) is 14.1 Å². The lowest BCUT2D eigenvalue weighted by atomic mass is 10.0. The monoisotopic (exact) mass is 381 g/mol. The van der Waals surface area contributed by atoms with Crippen LogP contribution in [0.25, 0.3) is 10.8 Å². The predicted octanol–water partition coefficient (Wildman–Crippen LogP) is 0.788. The van der Waals surface area contributed by atoms with E-state index >= 15 is 0 Å². The Morgan fingerprint density at radius 3 is 2.43 bits per heavy atom. The van der Waals surface area contributed by atoms with Crippen molar-refractivity contribution in [1.82, 2.24) is 9.13 Å². The number of anilines is 1. The van der Waals surface area contributed by atoms with Crippen molar-refractivity contribution < 1.29 is 14.3 Å². The average molecular weight is 381 g/mol. The number of Topliss-reactive ketones (excluding diaryl/α,β-unsaturated/α-hetero) is 1. The van der Waals surface area contributed by atoms with E-state index in [1.807, 2.05) is 42.5 Å². The first-order valence-corrected chi connectivity index (χ1v) is 8.52. The molecular formula is C20H19N3O5. The zero-order valence-electron chi connectivity index (χ0n) is 15.5. The predicted molar refractivity (Wildman–Crippen MR) is 104 cm³/mol. The van der Waals surface area contributed by atoms with E-state index in [0.717, 1.165) is 25.5 Å². The van der Waals surface area contributed by atoms with Crippen LogP contribution in [0.3, 0.4) is 0 Å². The van der Waals surface area contributed by atoms with E-state index in [1.54, 1.807) is 0 Å². The van der Waals surface area contributed by atoms with Crippen molar-refractivity contribution in [3.63, 3.8) is 0 Å². The smallest absolute Gasteiger partial charge is 0.332 e. The molecule has 3 rings (SSSR count). The van der Waals surface area contributed by atoms with Gasteiger partial charge in [0, 0.05) is 14.1 Å². The van der Waals surface area contributed by atoms with Gasteiger partial charge in [0.25, 0.3) is 5.56 Å². The second kappa shape index (κ2) is 7.51. The Morgan fingerprint density at radius 2 is 1.68 bits per heavy atom. The third kappa shape index (κ3) is 3.44. The molecule has 0 atom stereocenters. The van der Waals surface area contributed by atoms with E-state index in [-0.39, 0.29) is 17.8 Å². The topological polar surface area (TPSA) is 113 Å². The second-order valence-electron chi connectivity index (χ2n) is 6.36. The summed E-state index contributed by atoms with van der Waals surface area (Å²) < 4.78 is 6.82. The van der Waals surface area contributed by atoms with Gasteiger partial charge in [-0.15, -0.1) is 0 Å². The molecule has 144 valence electrons. The Kier molecular flexibility index (Phi) is 5.12. The van der Waals surface area contributed by atoms with Crippen LogP contribution in [0, 0.1) is 0 Å². The van der Waals surface area contributed by atoms with E-state index in [0.29, 0.717) is 0 Å². The van der Waals surface area contributed by atoms with Crippen LogP contribution in [0.5, 0.6) is 0 Å². The number of fused-ring (bicyclic) bond motifs is 1. The van der Waals surface area contributed by atoms with Gasteiger partial charge >= 0.3 is 11.7 Å². The number of nitrogen functional groups attached to an aromatic ring is 1. The molecule has 28 heavy (non-hydrogen) atoms. The molecule has 0 saturated carbocycles. The van der Waals surface area contributed by atoms with Gasteiger partial charge in [-0.3, -0.25) is 23.5 Å². The number of hydrogen-bond donors (Lipinski definition) is 1. The number of ketones is 1. The summed E-state index contributed by atoms with van der Waals surface area (Å²) in [5.41, 5.74) is 4.66. The standard InChI is InChI=1S/C20H19N3O5/c1-22-18(21)17(19(26)23(2)20(22)27)15(24)11-28-16(25)10-13-8-5-7-12-6-3-4-9-14(12)13/h3-9H,10-11,21H2,1-2H3. The third-order valence-electron chi connectivity index (χ3n) is 4.57. The SMILES string of the molecule is Cn1c(N)c(C(=O)COC(=O)Cc2cccc3ccccc23)c(=O)n(C)c1=O. The number of benzene rings is 2. The van der Waals surface area contributed by atoms with Gasteiger partial charge in [0.05, 0.1) is 6.42 Å². The molecular weight excluding hydrogens is 362 g/mol. The molecule has 8 heteroatoms. The summed E-state index contributed by atoms with van der Waals surface area (Å²) in [6, 6.07) is 13.2. The number of hydrogen-bond acceptors (Lipinski definition) is 6. The fourth-order valence-corrected chi connectivity index (χ4v) is 2.99. The first kappa shape index (κ1) is 19.1. The maximum absolute atomic E-state index is 12.4. The van der Waals surface area contributed by atoms with Gasteiger partial charge in [-0.2, -0.15) is 0 Å². The van der Waals surface area contributed by atoms with Crippen molar-refractivity contribution in [1.29, 1.82) is 0 Å². The molecule has 0 saturated heterocycles. The summed E-state index contributed by atoms with van der Waals surface area (Å²) in [7, 11) is 2.59. The van der Waals surface area contributed by atoms with Gasteiger partial charge in [0.15, 0.2) is 6.61 Å². The maximum atomic E-state index is 12.4. The van der Waals surface area contributed by atoms with Crippen molar-refractivity contribution in [3.8, 4) is 0 Å². The average Bonchev–Trinajstić information content (AvgIpc) is 2.69. The minimum atomic E-state index is -0.823. The van der Waals surface area contributed by atoms with Crippen LogP contribution in [0.2, 0.25) is 0 Å². The summed E-state index contributed by atoms with van der Waals surface area (Å²) in [6.07, 6.45) is -0.0185. The van der Waals surface area contributed by atoms with Crippen LogP contribution in [0.15, 0.2) is 52.1 Å². The van der Waals surface area contributed by atoms with Crippen molar-refractivity contribution in [2.75, 3.05) is 12.3 Å². The fraction of sp³-hybridized carbons (Fsp3) is 0.200. The normalized spacial score (nSPS) is 10.8. The van der Waals surface area contributed by atoms with Crippen LogP contribution >= 0.6 is 0 Å². The lowest BCUT2D eigenvalue weighted by molar-refractivity contribution is -0.141. The van der Waals surface area contributed by atoms with E-state index in [2.05, 4.69) is 0 Å². The highest BCUT2D eigenvalue weighted by atomic mass is 16.5. The fourth-order valence-electron chi connectivity index (χ4n) is 2.99. The lowest BCUT2D eigenvalue weighted by Gasteiger charge is -2.11. The lowest BCUT2D eigenvalue weighted by Crippen LogP contribution is -2.42. The summed E-state index contributed by atoms with van der Waals surface area (Å²) in [4.78, 5) is 48.6. The Hall–Kier alpha value is -3.68. The zero-order valence-corrected chi connectivity index (χ0v) is 15.5. The quantitative estimate of drug-likeness (QED) is 0.516. The van der Waals surface area contributed by atoms with Gasteiger partial charge in [-0.1, -0.05) is 42.5 Å². The van der Waals surface area contributed by atoms with Gasteiger partial charge in [-0.25, -0.2) is 4.79 Å². The second-order valence-corrected chi connectivity index (χ2v) is 6.36. The summed E-state index contributed by atoms with van der Waals surface area (Å²) >= 11 is 0. The molecule has 2 N–H and O–H groups in total. The molecule has 0 bridgehead atoms. The van der Waals surface area contributed by atoms with Gasteiger partial charge in [0.1, 0.15) is 11.4 Å². The van der Waals surface area contributed by atoms with Crippen LogP contribution in [0.4, 0.5) is 5.82 Å². The summed E-state index contributed by atoms with van der Waals surface area (Å²) in [6.45, 7) is -0.638. The third-order valence-corrected chi connectivity index (χ3v) is 4.57. The number of nitrogens with zero attached hydrogens (tertiary/aromatic N) is 2. The van der Waals surface area contributed by atoms with E-state index in [4.69, 9.17) is 10.5 Å². The number of carbonyl (C=O) groups is 2. The molecule has 0 radical (unpaired) electrons. The Labute approximate surface area is 159 Å². The van der Waals surface area contributed by atoms with E-state index in [9.17, 15) is 19.2 Å². The number of ether oxygens (including phenoxy) is 1. The van der Waals surface area contributed by atoms with Crippen molar-refractivity contribution >= 4 is 28.3 Å². The number of rotatable bonds is 5. The molecule has 0 amide bonds. The molecule has 0 aliphatic carbocycles. The van der Waals surface area contributed by atoms with Crippen molar-refractivity contribution in [2.24, 2.45) is 14.1 Å². The zero-order chi connectivity index (χ0) is 20.4. The van der Waals surface area contributed by atoms with Crippen LogP contribution < -0.4 is 17.0 Å². The minimum Gasteiger partial charge on any atom is -0.457 e. The number of aromatic nitrogens is 2. The number of carbonyl (C=O) groups excluding carboxylic acids is 2. The first-order valence-electron chi connectivity index (χ1n) is 8.52. The minimum absolute atomic E-state index is 0.0185. The number of nitrogens with two attached hydrogens (primary N) is 1. The highest BCUT2D eigenvalue weighted by molar-refractivity contribution is 6.01. The Morgan fingerprint density at radius 1 is 1.00 bits per heavy atom. The van der Waals surface area contributed by atoms with Crippen LogP contribution in [0.1, 0.15) is 15.9 Å². The molecule has 2 aromatic carbocycles. The van der Waals surface area contributed by atoms with Crippen LogP contribution in [-0.2, 0) is 30.0 Å². The maximum Gasteiger partial charge on any atom is 0.332 e. The van der Waals surface area contributed by atoms with Gasteiger partial charge in [-0.05, 0) is 16.3 Å². The molecule has 0 aliphatic heterocycles. The first-order chi connectivity index (χ1) is 13.3. The Balaban J connectivity index is 1.76. The largest absolute Gasteiger partial charge is 0.457 e. The molecule has 0 unspecified atom stereocenters. The number of esters is 1. The molecule has 0 fully saturated rings. The van der Waals surface area contributed by atoms with Gasteiger partial charge < -0.3 is 10.5 Å². The van der Waals surface area contributed by atoms with Crippen molar-refractivity contribution in [2.45, 2.75) is 6.42 Å². The van der Waals surface area contributed by atoms with Crippen LogP contribution in [-0.4, -0.2) is 27.5 Å². The molecule has 1 heterocycles. The molecule has 8 nitrogen and oxygen atoms in total. The molecule has 3 aromatic rings. The summed E-state index contributed by atoms with van der Waals surface area (Å²) in [5, 5.41) is 1.91. The van der Waals surface area contributed by atoms with E-state index < -0.39 is 29.6 Å². The Bertz CT molecular complexity index is 1200. The highest BCUT2D eigenvalue weighted by Crippen LogP contribution is 2.19. The molecule has 1 aromatic heterocycles. The molecule has 0 spiro atoms. The molecule has 0 aliphatic rings. The summed E-state index contributed by atoms with van der Waals surface area (Å²) in [5.74, 6) is -1.63. The van der Waals surface area contributed by atoms with Crippen molar-refractivity contribution in [3.05, 3.63) is 74.4 Å².